The zero-order valence-electron chi connectivity index (χ0n) is 15.5. The van der Waals surface area contributed by atoms with Gasteiger partial charge in [0.1, 0.15) is 0 Å². The number of aryl methyl sites for hydroxylation is 1. The number of aliphatic imine (C=N–C) groups is 1. The molecule has 0 aromatic heterocycles. The lowest BCUT2D eigenvalue weighted by atomic mass is 10.1. The molecule has 0 saturated heterocycles. The van der Waals surface area contributed by atoms with Crippen molar-refractivity contribution in [1.82, 2.24) is 10.6 Å². The number of hydrogen-bond acceptors (Lipinski definition) is 2. The highest BCUT2D eigenvalue weighted by atomic mass is 127. The van der Waals surface area contributed by atoms with Crippen LogP contribution in [-0.2, 0) is 13.0 Å². The quantitative estimate of drug-likeness (QED) is 0.400. The van der Waals surface area contributed by atoms with Crippen LogP contribution in [0.4, 0.5) is 5.69 Å². The smallest absolute Gasteiger partial charge is 0.191 e. The summed E-state index contributed by atoms with van der Waals surface area (Å²) in [6, 6.07) is 17.2. The number of halogens is 1. The molecular weight excluding hydrogens is 423 g/mol. The fourth-order valence-corrected chi connectivity index (χ4v) is 2.51. The van der Waals surface area contributed by atoms with Crippen LogP contribution in [0, 0.1) is 6.92 Å². The average molecular weight is 452 g/mol. The number of anilines is 1. The second-order valence-electron chi connectivity index (χ2n) is 6.15. The molecule has 0 aliphatic heterocycles. The number of hydrogen-bond donors (Lipinski definition) is 2. The third kappa shape index (κ3) is 7.34. The van der Waals surface area contributed by atoms with Crippen molar-refractivity contribution in [1.29, 1.82) is 0 Å². The van der Waals surface area contributed by atoms with Crippen LogP contribution in [0.25, 0.3) is 0 Å². The van der Waals surface area contributed by atoms with Gasteiger partial charge < -0.3 is 15.5 Å². The third-order valence-corrected chi connectivity index (χ3v) is 3.92. The standard InChI is InChI=1S/C20H28N4.HI/c1-16-6-5-7-18(14-16)15-23-20(21-2)22-13-12-17-8-10-19(11-9-17)24(3)4;/h5-11,14H,12-13,15H2,1-4H3,(H2,21,22,23);1H. The second kappa shape index (κ2) is 11.0. The summed E-state index contributed by atoms with van der Waals surface area (Å²) in [7, 11) is 5.92. The lowest BCUT2D eigenvalue weighted by Crippen LogP contribution is -2.37. The minimum absolute atomic E-state index is 0. The topological polar surface area (TPSA) is 39.7 Å². The largest absolute Gasteiger partial charge is 0.378 e. The van der Waals surface area contributed by atoms with E-state index in [2.05, 4.69) is 90.1 Å². The summed E-state index contributed by atoms with van der Waals surface area (Å²) in [4.78, 5) is 6.39. The fourth-order valence-electron chi connectivity index (χ4n) is 2.51. The Labute approximate surface area is 168 Å². The summed E-state index contributed by atoms with van der Waals surface area (Å²) in [6.45, 7) is 3.74. The summed E-state index contributed by atoms with van der Waals surface area (Å²) in [5, 5.41) is 6.72. The Hall–Kier alpha value is -1.76. The number of nitrogens with one attached hydrogen (secondary N) is 2. The van der Waals surface area contributed by atoms with E-state index >= 15 is 0 Å². The molecule has 0 aliphatic carbocycles. The van der Waals surface area contributed by atoms with Gasteiger partial charge in [-0.2, -0.15) is 0 Å². The highest BCUT2D eigenvalue weighted by Gasteiger charge is 2.00. The first-order chi connectivity index (χ1) is 11.6. The first-order valence-electron chi connectivity index (χ1n) is 8.35. The molecule has 0 atom stereocenters. The first-order valence-corrected chi connectivity index (χ1v) is 8.35. The summed E-state index contributed by atoms with van der Waals surface area (Å²) >= 11 is 0. The van der Waals surface area contributed by atoms with Gasteiger partial charge in [0.15, 0.2) is 5.96 Å². The summed E-state index contributed by atoms with van der Waals surface area (Å²) in [5.74, 6) is 0.835. The van der Waals surface area contributed by atoms with Crippen molar-refractivity contribution < 1.29 is 0 Å². The fraction of sp³-hybridized carbons (Fsp3) is 0.350. The van der Waals surface area contributed by atoms with Gasteiger partial charge in [0.2, 0.25) is 0 Å². The van der Waals surface area contributed by atoms with Gasteiger partial charge in [0.25, 0.3) is 0 Å². The number of guanidine groups is 1. The zero-order valence-corrected chi connectivity index (χ0v) is 17.9. The lowest BCUT2D eigenvalue weighted by Gasteiger charge is -2.14. The van der Waals surface area contributed by atoms with E-state index in [0.29, 0.717) is 0 Å². The van der Waals surface area contributed by atoms with E-state index in [1.54, 1.807) is 7.05 Å². The van der Waals surface area contributed by atoms with Crippen molar-refractivity contribution >= 4 is 35.6 Å². The van der Waals surface area contributed by atoms with Crippen LogP contribution in [0.1, 0.15) is 16.7 Å². The van der Waals surface area contributed by atoms with E-state index < -0.39 is 0 Å². The lowest BCUT2D eigenvalue weighted by molar-refractivity contribution is 0.794. The minimum atomic E-state index is 0. The Morgan fingerprint density at radius 1 is 1.00 bits per heavy atom. The zero-order chi connectivity index (χ0) is 17.4. The van der Waals surface area contributed by atoms with Crippen molar-refractivity contribution in [3.63, 3.8) is 0 Å². The Kier molecular flexibility index (Phi) is 9.34. The van der Waals surface area contributed by atoms with Crippen LogP contribution in [0.2, 0.25) is 0 Å². The van der Waals surface area contributed by atoms with Gasteiger partial charge in [-0.3, -0.25) is 4.99 Å². The van der Waals surface area contributed by atoms with Crippen molar-refractivity contribution in [2.75, 3.05) is 32.6 Å². The Morgan fingerprint density at radius 2 is 1.72 bits per heavy atom. The molecule has 2 aromatic rings. The van der Waals surface area contributed by atoms with Gasteiger partial charge in [-0.15, -0.1) is 24.0 Å². The molecule has 2 N–H and O–H groups in total. The van der Waals surface area contributed by atoms with Crippen LogP contribution in [-0.4, -0.2) is 33.6 Å². The number of benzene rings is 2. The molecule has 0 spiro atoms. The molecule has 2 rings (SSSR count). The maximum atomic E-state index is 4.28. The summed E-state index contributed by atoms with van der Waals surface area (Å²) in [5.41, 5.74) is 5.08. The van der Waals surface area contributed by atoms with Crippen molar-refractivity contribution in [3.05, 3.63) is 65.2 Å². The van der Waals surface area contributed by atoms with Crippen LogP contribution >= 0.6 is 24.0 Å². The van der Waals surface area contributed by atoms with Gasteiger partial charge in [-0.25, -0.2) is 0 Å². The Bertz CT molecular complexity index is 666. The van der Waals surface area contributed by atoms with E-state index in [0.717, 1.165) is 25.5 Å². The van der Waals surface area contributed by atoms with E-state index in [4.69, 9.17) is 0 Å². The van der Waals surface area contributed by atoms with Gasteiger partial charge in [0.05, 0.1) is 0 Å². The normalized spacial score (nSPS) is 10.8. The molecule has 0 unspecified atom stereocenters. The van der Waals surface area contributed by atoms with E-state index in [1.807, 2.05) is 0 Å². The van der Waals surface area contributed by atoms with Gasteiger partial charge >= 0.3 is 0 Å². The molecule has 0 aliphatic rings. The molecule has 136 valence electrons. The van der Waals surface area contributed by atoms with Crippen molar-refractivity contribution in [3.8, 4) is 0 Å². The van der Waals surface area contributed by atoms with Crippen molar-refractivity contribution in [2.24, 2.45) is 4.99 Å². The predicted octanol–water partition coefficient (Wildman–Crippen LogP) is 3.59. The average Bonchev–Trinajstić information content (AvgIpc) is 2.58. The third-order valence-electron chi connectivity index (χ3n) is 3.92. The number of rotatable bonds is 6. The first kappa shape index (κ1) is 21.3. The maximum absolute atomic E-state index is 4.28. The molecule has 0 amide bonds. The van der Waals surface area contributed by atoms with Gasteiger partial charge in [-0.05, 0) is 36.6 Å². The van der Waals surface area contributed by atoms with E-state index in [-0.39, 0.29) is 24.0 Å². The highest BCUT2D eigenvalue weighted by molar-refractivity contribution is 14.0. The molecule has 0 radical (unpaired) electrons. The van der Waals surface area contributed by atoms with Crippen LogP contribution in [0.15, 0.2) is 53.5 Å². The SMILES string of the molecule is CN=C(NCCc1ccc(N(C)C)cc1)NCc1cccc(C)c1.I. The molecular formula is C20H29IN4. The van der Waals surface area contributed by atoms with Gasteiger partial charge in [-0.1, -0.05) is 42.0 Å². The molecule has 0 fully saturated rings. The molecule has 0 heterocycles. The Balaban J connectivity index is 0.00000312. The van der Waals surface area contributed by atoms with Crippen molar-refractivity contribution in [2.45, 2.75) is 19.9 Å². The minimum Gasteiger partial charge on any atom is -0.378 e. The summed E-state index contributed by atoms with van der Waals surface area (Å²) in [6.07, 6.45) is 0.971. The highest BCUT2D eigenvalue weighted by Crippen LogP contribution is 2.12. The summed E-state index contributed by atoms with van der Waals surface area (Å²) < 4.78 is 0. The Morgan fingerprint density at radius 3 is 2.32 bits per heavy atom. The monoisotopic (exact) mass is 452 g/mol. The molecule has 5 heteroatoms. The molecule has 25 heavy (non-hydrogen) atoms. The van der Waals surface area contributed by atoms with Crippen LogP contribution < -0.4 is 15.5 Å². The molecule has 0 bridgehead atoms. The maximum Gasteiger partial charge on any atom is 0.191 e. The molecule has 2 aromatic carbocycles. The molecule has 0 saturated carbocycles. The van der Waals surface area contributed by atoms with Crippen LogP contribution in [0.3, 0.4) is 0 Å². The van der Waals surface area contributed by atoms with E-state index in [9.17, 15) is 0 Å². The number of nitrogens with zero attached hydrogens (tertiary/aromatic N) is 2. The molecule has 4 nitrogen and oxygen atoms in total. The predicted molar refractivity (Wildman–Crippen MR) is 119 cm³/mol. The van der Waals surface area contributed by atoms with Gasteiger partial charge in [0, 0.05) is 39.9 Å². The second-order valence-corrected chi connectivity index (χ2v) is 6.15. The van der Waals surface area contributed by atoms with Crippen LogP contribution in [0.5, 0.6) is 0 Å². The van der Waals surface area contributed by atoms with E-state index in [1.165, 1.54) is 22.4 Å².